The summed E-state index contributed by atoms with van der Waals surface area (Å²) >= 11 is 0. The molecule has 5 nitrogen and oxygen atoms in total. The van der Waals surface area contributed by atoms with E-state index in [9.17, 15) is 133 Å². The topological polar surface area (TPSA) is 77.5 Å². The van der Waals surface area contributed by atoms with Crippen LogP contribution in [0.5, 0.6) is 0 Å². The van der Waals surface area contributed by atoms with Gasteiger partial charge in [-0.25, -0.2) is 8.42 Å². The van der Waals surface area contributed by atoms with Crippen LogP contribution in [0.25, 0.3) is 0 Å². The Balaban J connectivity index is 0. The molecule has 0 radical (unpaired) electrons. The van der Waals surface area contributed by atoms with E-state index in [4.69, 9.17) is 0 Å². The van der Waals surface area contributed by atoms with E-state index in [2.05, 4.69) is 0 Å². The van der Waals surface area contributed by atoms with Gasteiger partial charge in [-0.2, -0.15) is 110 Å². The van der Waals surface area contributed by atoms with Gasteiger partial charge in [0, 0.05) is 0 Å². The molecule has 0 bridgehead atoms. The zero-order valence-electron chi connectivity index (χ0n) is 19.8. The van der Waals surface area contributed by atoms with Crippen molar-refractivity contribution in [1.29, 1.82) is 0 Å². The molecule has 0 aromatic heterocycles. The fourth-order valence-corrected chi connectivity index (χ4v) is 3.45. The largest absolute Gasteiger partial charge is 1.00 e. The van der Waals surface area contributed by atoms with Gasteiger partial charge >= 0.3 is 122 Å². The molecule has 46 heavy (non-hydrogen) atoms. The average Bonchev–Trinajstić information content (AvgIpc) is 2.81. The molecule has 0 fully saturated rings. The molecule has 0 rings (SSSR count). The average molecular weight is 799 g/mol. The molecule has 0 heterocycles. The van der Waals surface area contributed by atoms with Crippen LogP contribution in [0.1, 0.15) is 0 Å². The first-order valence-corrected chi connectivity index (χ1v) is 10.5. The number of carboxylic acid groups (broad SMARTS) is 1. The molecule has 33 heteroatoms. The van der Waals surface area contributed by atoms with E-state index in [1.165, 1.54) is 0 Å². The molecule has 270 valence electrons. The Morgan fingerprint density at radius 1 is 0.457 bits per heavy atom. The Kier molecular flexibility index (Phi) is 12.3. The molecule has 0 saturated heterocycles. The summed E-state index contributed by atoms with van der Waals surface area (Å²) in [7, 11) is -10.5. The van der Waals surface area contributed by atoms with E-state index in [1.807, 2.05) is 0 Å². The maximum atomic E-state index is 13.8. The van der Waals surface area contributed by atoms with Crippen LogP contribution in [0.15, 0.2) is 0 Å². The van der Waals surface area contributed by atoms with Crippen LogP contribution >= 0.6 is 0 Å². The minimum Gasteiger partial charge on any atom is -0.543 e. The maximum Gasteiger partial charge on any atom is 1.00 e. The number of hydrogen-bond acceptors (Lipinski definition) is 5. The van der Waals surface area contributed by atoms with Crippen LogP contribution in [0.4, 0.5) is 114 Å². The van der Waals surface area contributed by atoms with Crippen molar-refractivity contribution in [2.45, 2.75) is 70.2 Å². The Hall–Kier alpha value is -0.804. The van der Waals surface area contributed by atoms with Gasteiger partial charge in [0.05, 0.1) is 0 Å². The Morgan fingerprint density at radius 3 is 0.957 bits per heavy atom. The van der Waals surface area contributed by atoms with Crippen molar-refractivity contribution in [1.82, 2.24) is 5.12 Å². The second kappa shape index (κ2) is 11.9. The normalized spacial score (nSPS) is 16.4. The third-order valence-electron chi connectivity index (χ3n) is 4.85. The number of carboxylic acids is 1. The van der Waals surface area contributed by atoms with Gasteiger partial charge in [0.15, 0.2) is 0 Å². The number of halogens is 26. The number of carbonyl (C=O) groups excluding carboxylic acids is 1. The number of aliphatic carboxylic acids is 1. The van der Waals surface area contributed by atoms with Crippen LogP contribution in [0.3, 0.4) is 0 Å². The van der Waals surface area contributed by atoms with E-state index in [1.54, 1.807) is 0 Å². The third-order valence-corrected chi connectivity index (χ3v) is 6.71. The molecular weight excluding hydrogens is 799 g/mol. The molecule has 0 spiro atoms. The molecule has 0 amide bonds. The fraction of sp³-hybridized carbons (Fsp3) is 0.923. The van der Waals surface area contributed by atoms with Gasteiger partial charge in [-0.05, 0) is 5.12 Å². The van der Waals surface area contributed by atoms with E-state index < -0.39 is 91.2 Å². The number of rotatable bonds is 13. The van der Waals surface area contributed by atoms with Crippen molar-refractivity contribution in [3.63, 3.8) is 0 Å². The Labute approximate surface area is 274 Å². The van der Waals surface area contributed by atoms with Crippen molar-refractivity contribution in [2.75, 3.05) is 0 Å². The van der Waals surface area contributed by atoms with Crippen molar-refractivity contribution < 1.29 is 184 Å². The number of carbonyl (C=O) groups is 1. The van der Waals surface area contributed by atoms with Gasteiger partial charge in [-0.15, -0.1) is 4.48 Å². The third kappa shape index (κ3) is 5.70. The smallest absolute Gasteiger partial charge is 0.543 e. The summed E-state index contributed by atoms with van der Waals surface area (Å²) in [5.74, 6) is -70.5. The Morgan fingerprint density at radius 2 is 0.696 bits per heavy atom. The van der Waals surface area contributed by atoms with Crippen LogP contribution in [-0.2, 0) is 14.6 Å². The molecule has 0 aliphatic carbocycles. The van der Waals surface area contributed by atoms with Crippen molar-refractivity contribution in [3.05, 3.63) is 0 Å². The zero-order chi connectivity index (χ0) is 37.7. The number of alkyl halides is 25. The number of nitrogens with zero attached hydrogens (tertiary/aromatic N) is 1. The summed E-state index contributed by atoms with van der Waals surface area (Å²) in [4.78, 5) is 9.82. The molecule has 0 atom stereocenters. The number of sulfone groups is 1. The minimum absolute atomic E-state index is 0. The first-order chi connectivity index (χ1) is 18.8. The predicted octanol–water partition coefficient (Wildman–Crippen LogP) is 2.72. The molecule has 0 unspecified atom stereocenters. The first kappa shape index (κ1) is 47.3. The van der Waals surface area contributed by atoms with Crippen LogP contribution < -0.4 is 56.5 Å². The Bertz CT molecular complexity index is 1260. The second-order valence-corrected chi connectivity index (χ2v) is 9.74. The zero-order valence-corrected chi connectivity index (χ0v) is 23.8. The van der Waals surface area contributed by atoms with Crippen LogP contribution in [0.2, 0.25) is 0 Å². The molecular formula is C13F26KNO4S. The van der Waals surface area contributed by atoms with E-state index in [0.717, 1.165) is 0 Å². The summed E-state index contributed by atoms with van der Waals surface area (Å²) in [5.41, 5.74) is 0. The van der Waals surface area contributed by atoms with Crippen molar-refractivity contribution >= 4 is 15.8 Å². The quantitative estimate of drug-likeness (QED) is 0.124. The summed E-state index contributed by atoms with van der Waals surface area (Å²) in [6, 6.07) is -16.0. The SMILES string of the molecule is O=C([O-])C(F)(F)N(F)C(F)(F)C(F)(F)C(F)(F)S(=O)(=O)C(F)(F)C(F)(F)C(F)(F)C(F)(F)C(F)(F)C(F)(F)C(F)(F)C(F)(F)F.[K+]. The fourth-order valence-electron chi connectivity index (χ4n) is 2.20. The maximum absolute atomic E-state index is 13.8. The van der Waals surface area contributed by atoms with Gasteiger partial charge in [0.25, 0.3) is 9.84 Å². The summed E-state index contributed by atoms with van der Waals surface area (Å²) in [6.07, 6.45) is -8.27. The second-order valence-electron chi connectivity index (χ2n) is 7.71. The van der Waals surface area contributed by atoms with Gasteiger partial charge in [-0.1, -0.05) is 0 Å². The van der Waals surface area contributed by atoms with Crippen molar-refractivity contribution in [3.8, 4) is 0 Å². The van der Waals surface area contributed by atoms with E-state index in [-0.39, 0.29) is 51.4 Å². The van der Waals surface area contributed by atoms with Crippen molar-refractivity contribution in [2.24, 2.45) is 0 Å². The van der Waals surface area contributed by atoms with Gasteiger partial charge < -0.3 is 9.90 Å². The molecule has 0 aromatic carbocycles. The van der Waals surface area contributed by atoms with Gasteiger partial charge in [0.2, 0.25) is 0 Å². The van der Waals surface area contributed by atoms with E-state index in [0.29, 0.717) is 0 Å². The molecule has 0 N–H and O–H groups in total. The van der Waals surface area contributed by atoms with E-state index >= 15 is 0 Å². The summed E-state index contributed by atoms with van der Waals surface area (Å²) in [6.45, 7) is 0. The summed E-state index contributed by atoms with van der Waals surface area (Å²) in [5, 5.41) is -13.8. The standard InChI is InChI=1S/C13HF26NO4S.K/c14-2(15,1(41)42)40(39)11(33,34)9(28,29)13(37,38)45(43,44)12(35,36)8(26,27)6(22,23)4(18,19)3(16,17)5(20,21)7(24,25)10(30,31)32;/h(H,41,42);/q;+1/p-1. The molecule has 0 aliphatic heterocycles. The minimum atomic E-state index is -10.5. The van der Waals surface area contributed by atoms with Crippen LogP contribution in [0, 0.1) is 0 Å². The predicted molar refractivity (Wildman–Crippen MR) is 77.3 cm³/mol. The summed E-state index contributed by atoms with van der Waals surface area (Å²) < 4.78 is 365. The number of hydrogen-bond donors (Lipinski definition) is 0. The first-order valence-electron chi connectivity index (χ1n) is 8.99. The van der Waals surface area contributed by atoms with Gasteiger partial charge in [-0.3, -0.25) is 0 Å². The molecule has 0 saturated carbocycles. The van der Waals surface area contributed by atoms with Crippen LogP contribution in [-0.4, -0.2) is 89.7 Å². The molecule has 0 aliphatic rings. The van der Waals surface area contributed by atoms with Gasteiger partial charge in [0.1, 0.15) is 5.97 Å². The monoisotopic (exact) mass is 799 g/mol. The molecule has 0 aromatic rings.